The number of sulfonamides is 1. The van der Waals surface area contributed by atoms with Crippen LogP contribution in [-0.4, -0.2) is 82.9 Å². The van der Waals surface area contributed by atoms with E-state index in [2.05, 4.69) is 39.3 Å². The van der Waals surface area contributed by atoms with E-state index in [9.17, 15) is 13.7 Å². The Hall–Kier alpha value is -1.18. The number of halogens is 1. The highest BCUT2D eigenvalue weighted by molar-refractivity contribution is 9.10. The van der Waals surface area contributed by atoms with E-state index in [0.29, 0.717) is 22.3 Å². The molecule has 0 radical (unpaired) electrons. The molecular formula is C19H30BrN5O2S. The second kappa shape index (κ2) is 10.0. The predicted molar refractivity (Wildman–Crippen MR) is 116 cm³/mol. The molecule has 2 rings (SSSR count). The zero-order valence-corrected chi connectivity index (χ0v) is 19.5. The summed E-state index contributed by atoms with van der Waals surface area (Å²) in [5.41, 5.74) is 0.929. The summed E-state index contributed by atoms with van der Waals surface area (Å²) in [5, 5.41) is 12.8. The van der Waals surface area contributed by atoms with Gasteiger partial charge in [0, 0.05) is 24.1 Å². The van der Waals surface area contributed by atoms with Crippen molar-refractivity contribution < 1.29 is 8.42 Å². The number of benzene rings is 1. The van der Waals surface area contributed by atoms with E-state index >= 15 is 0 Å². The van der Waals surface area contributed by atoms with Crippen LogP contribution in [0.3, 0.4) is 0 Å². The van der Waals surface area contributed by atoms with Crippen molar-refractivity contribution in [1.82, 2.24) is 14.1 Å². The first-order valence-electron chi connectivity index (χ1n) is 9.45. The Morgan fingerprint density at radius 1 is 1.25 bits per heavy atom. The standard InChI is InChI=1S/C19H30BrN5O2S/c1-23(2)8-5-9-25(4)28(26,27)19-13-17(20)15(14-21)12-18(19)22-16-6-10-24(3)11-7-16/h12-13,16,22H,5-11H2,1-4H3. The summed E-state index contributed by atoms with van der Waals surface area (Å²) < 4.78 is 28.4. The minimum atomic E-state index is -3.67. The van der Waals surface area contributed by atoms with Crippen LogP contribution in [0.25, 0.3) is 0 Å². The molecule has 0 bridgehead atoms. The molecule has 1 aromatic carbocycles. The number of hydrogen-bond acceptors (Lipinski definition) is 6. The minimum absolute atomic E-state index is 0.192. The minimum Gasteiger partial charge on any atom is -0.381 e. The van der Waals surface area contributed by atoms with E-state index in [4.69, 9.17) is 0 Å². The van der Waals surface area contributed by atoms with E-state index in [-0.39, 0.29) is 10.9 Å². The smallest absolute Gasteiger partial charge is 0.244 e. The molecule has 0 aromatic heterocycles. The molecule has 1 aliphatic heterocycles. The quantitative estimate of drug-likeness (QED) is 0.626. The van der Waals surface area contributed by atoms with E-state index in [1.54, 1.807) is 19.2 Å². The number of nitrogens with one attached hydrogen (secondary N) is 1. The summed E-state index contributed by atoms with van der Waals surface area (Å²) in [7, 11) is 3.96. The molecule has 9 heteroatoms. The fourth-order valence-electron chi connectivity index (χ4n) is 3.24. The van der Waals surface area contributed by atoms with Crippen LogP contribution in [0.4, 0.5) is 5.69 Å². The van der Waals surface area contributed by atoms with Crippen molar-refractivity contribution in [3.8, 4) is 6.07 Å². The maximum Gasteiger partial charge on any atom is 0.244 e. The number of anilines is 1. The Balaban J connectivity index is 2.30. The predicted octanol–water partition coefficient (Wildman–Crippen LogP) is 2.40. The molecule has 156 valence electrons. The van der Waals surface area contributed by atoms with E-state index in [1.165, 1.54) is 4.31 Å². The van der Waals surface area contributed by atoms with Crippen LogP contribution >= 0.6 is 15.9 Å². The second-order valence-corrected chi connectivity index (χ2v) is 10.5. The first-order valence-corrected chi connectivity index (χ1v) is 11.7. The van der Waals surface area contributed by atoms with Gasteiger partial charge in [-0.1, -0.05) is 0 Å². The fraction of sp³-hybridized carbons (Fsp3) is 0.632. The molecule has 7 nitrogen and oxygen atoms in total. The number of hydrogen-bond donors (Lipinski definition) is 1. The number of nitrogens with zero attached hydrogens (tertiary/aromatic N) is 4. The molecule has 1 fully saturated rings. The Kier molecular flexibility index (Phi) is 8.28. The van der Waals surface area contributed by atoms with Crippen molar-refractivity contribution in [3.05, 3.63) is 22.2 Å². The highest BCUT2D eigenvalue weighted by Gasteiger charge is 2.27. The Morgan fingerprint density at radius 2 is 1.89 bits per heavy atom. The van der Waals surface area contributed by atoms with Crippen molar-refractivity contribution in [2.24, 2.45) is 0 Å². The van der Waals surface area contributed by atoms with Crippen molar-refractivity contribution in [3.63, 3.8) is 0 Å². The lowest BCUT2D eigenvalue weighted by Gasteiger charge is -2.31. The van der Waals surface area contributed by atoms with Crippen LogP contribution in [0.5, 0.6) is 0 Å². The number of rotatable bonds is 8. The third-order valence-electron chi connectivity index (χ3n) is 5.03. The van der Waals surface area contributed by atoms with Crippen molar-refractivity contribution in [2.75, 3.05) is 59.7 Å². The lowest BCUT2D eigenvalue weighted by atomic mass is 10.0. The normalized spacial score (nSPS) is 16.5. The van der Waals surface area contributed by atoms with Crippen LogP contribution < -0.4 is 5.32 Å². The first-order chi connectivity index (χ1) is 13.1. The van der Waals surface area contributed by atoms with E-state index in [1.807, 2.05) is 19.0 Å². The van der Waals surface area contributed by atoms with Gasteiger partial charge in [0.05, 0.1) is 11.3 Å². The van der Waals surface area contributed by atoms with Gasteiger partial charge >= 0.3 is 0 Å². The van der Waals surface area contributed by atoms with Crippen molar-refractivity contribution in [2.45, 2.75) is 30.2 Å². The van der Waals surface area contributed by atoms with Crippen molar-refractivity contribution >= 4 is 31.6 Å². The van der Waals surface area contributed by atoms with Gasteiger partial charge in [-0.05, 0) is 88.1 Å². The zero-order valence-electron chi connectivity index (χ0n) is 17.1. The van der Waals surface area contributed by atoms with Crippen LogP contribution in [0.15, 0.2) is 21.5 Å². The van der Waals surface area contributed by atoms with Crippen molar-refractivity contribution in [1.29, 1.82) is 5.26 Å². The molecule has 0 saturated carbocycles. The lowest BCUT2D eigenvalue weighted by Crippen LogP contribution is -2.37. The third-order valence-corrected chi connectivity index (χ3v) is 7.59. The Bertz CT molecular complexity index is 814. The van der Waals surface area contributed by atoms with Crippen LogP contribution in [0, 0.1) is 11.3 Å². The maximum absolute atomic E-state index is 13.2. The largest absolute Gasteiger partial charge is 0.381 e. The zero-order chi connectivity index (χ0) is 20.9. The van der Waals surface area contributed by atoms with Gasteiger partial charge in [0.15, 0.2) is 0 Å². The van der Waals surface area contributed by atoms with Gasteiger partial charge < -0.3 is 15.1 Å². The second-order valence-electron chi connectivity index (χ2n) is 7.65. The molecule has 1 aromatic rings. The molecule has 0 atom stereocenters. The van der Waals surface area contributed by atoms with Gasteiger partial charge in [-0.25, -0.2) is 12.7 Å². The van der Waals surface area contributed by atoms with Crippen LogP contribution in [0.2, 0.25) is 0 Å². The van der Waals surface area contributed by atoms with Crippen LogP contribution in [-0.2, 0) is 10.0 Å². The highest BCUT2D eigenvalue weighted by atomic mass is 79.9. The summed E-state index contributed by atoms with van der Waals surface area (Å²) >= 11 is 3.34. The summed E-state index contributed by atoms with van der Waals surface area (Å²) in [6, 6.07) is 5.51. The molecule has 0 amide bonds. The summed E-state index contributed by atoms with van der Waals surface area (Å²) in [5.74, 6) is 0. The van der Waals surface area contributed by atoms with Gasteiger partial charge in [-0.3, -0.25) is 0 Å². The Morgan fingerprint density at radius 3 is 2.46 bits per heavy atom. The average molecular weight is 472 g/mol. The molecular weight excluding hydrogens is 442 g/mol. The molecule has 0 spiro atoms. The molecule has 1 heterocycles. The topological polar surface area (TPSA) is 79.7 Å². The van der Waals surface area contributed by atoms with Gasteiger partial charge in [-0.2, -0.15) is 5.26 Å². The molecule has 1 saturated heterocycles. The van der Waals surface area contributed by atoms with Gasteiger partial charge in [0.1, 0.15) is 11.0 Å². The van der Waals surface area contributed by atoms with E-state index in [0.717, 1.165) is 38.9 Å². The Labute approximate surface area is 177 Å². The molecule has 1 aliphatic rings. The van der Waals surface area contributed by atoms with Gasteiger partial charge in [0.25, 0.3) is 0 Å². The van der Waals surface area contributed by atoms with Gasteiger partial charge in [0.2, 0.25) is 10.0 Å². The van der Waals surface area contributed by atoms with E-state index < -0.39 is 10.0 Å². The fourth-order valence-corrected chi connectivity index (χ4v) is 5.19. The SMILES string of the molecule is CN(C)CCCN(C)S(=O)(=O)c1cc(Br)c(C#N)cc1NC1CCN(C)CC1. The highest BCUT2D eigenvalue weighted by Crippen LogP contribution is 2.32. The monoisotopic (exact) mass is 471 g/mol. The number of piperidine rings is 1. The number of likely N-dealkylation sites (tertiary alicyclic amines) is 1. The molecule has 28 heavy (non-hydrogen) atoms. The van der Waals surface area contributed by atoms with Crippen LogP contribution in [0.1, 0.15) is 24.8 Å². The third kappa shape index (κ3) is 5.91. The summed E-state index contributed by atoms with van der Waals surface area (Å²) in [6.45, 7) is 3.18. The van der Waals surface area contributed by atoms with Gasteiger partial charge in [-0.15, -0.1) is 0 Å². The molecule has 0 aliphatic carbocycles. The summed E-state index contributed by atoms with van der Waals surface area (Å²) in [6.07, 6.45) is 2.62. The lowest BCUT2D eigenvalue weighted by molar-refractivity contribution is 0.263. The maximum atomic E-state index is 13.2. The average Bonchev–Trinajstić information content (AvgIpc) is 2.64. The molecule has 1 N–H and O–H groups in total. The molecule has 0 unspecified atom stereocenters. The summed E-state index contributed by atoms with van der Waals surface area (Å²) in [4.78, 5) is 4.51. The number of nitriles is 1. The first kappa shape index (κ1) is 23.1.